The fourth-order valence-corrected chi connectivity index (χ4v) is 2.12. The van der Waals surface area contributed by atoms with E-state index in [9.17, 15) is 4.79 Å². The van der Waals surface area contributed by atoms with Gasteiger partial charge in [0.2, 0.25) is 5.89 Å². The second kappa shape index (κ2) is 5.81. The molecular weight excluding hydrogens is 278 g/mol. The minimum Gasteiger partial charge on any atom is -0.441 e. The lowest BCUT2D eigenvalue weighted by molar-refractivity contribution is 0.102. The number of nitrogens with one attached hydrogen (secondary N) is 1. The molecule has 0 saturated heterocycles. The molecule has 2 aromatic heterocycles. The Balaban J connectivity index is 1.86. The van der Waals surface area contributed by atoms with E-state index in [-0.39, 0.29) is 11.6 Å². The second-order valence-corrected chi connectivity index (χ2v) is 4.93. The van der Waals surface area contributed by atoms with Gasteiger partial charge in [-0.05, 0) is 38.1 Å². The average Bonchev–Trinajstić information content (AvgIpc) is 2.90. The van der Waals surface area contributed by atoms with Gasteiger partial charge in [-0.1, -0.05) is 18.2 Å². The van der Waals surface area contributed by atoms with E-state index >= 15 is 0 Å². The number of hydrogen-bond acceptors (Lipinski definition) is 4. The van der Waals surface area contributed by atoms with Crippen LogP contribution < -0.4 is 5.32 Å². The summed E-state index contributed by atoms with van der Waals surface area (Å²) in [5, 5.41) is 2.80. The van der Waals surface area contributed by atoms with Crippen LogP contribution in [0.1, 0.15) is 21.9 Å². The Morgan fingerprint density at radius 2 is 1.91 bits per heavy atom. The number of carbonyl (C=O) groups excluding carboxylic acids is 1. The SMILES string of the molecule is Cc1cc(NC(=O)c2nc(-c3ccccc3)oc2C)ccn1. The number of oxazole rings is 1. The lowest BCUT2D eigenvalue weighted by Crippen LogP contribution is -2.13. The molecule has 3 aromatic rings. The van der Waals surface area contributed by atoms with E-state index in [2.05, 4.69) is 15.3 Å². The number of aromatic nitrogens is 2. The van der Waals surface area contributed by atoms with Crippen molar-refractivity contribution in [3.8, 4) is 11.5 Å². The van der Waals surface area contributed by atoms with Crippen LogP contribution in [-0.4, -0.2) is 15.9 Å². The van der Waals surface area contributed by atoms with Gasteiger partial charge >= 0.3 is 0 Å². The Kier molecular flexibility index (Phi) is 3.70. The van der Waals surface area contributed by atoms with E-state index < -0.39 is 0 Å². The second-order valence-electron chi connectivity index (χ2n) is 4.93. The van der Waals surface area contributed by atoms with Crippen molar-refractivity contribution >= 4 is 11.6 Å². The Morgan fingerprint density at radius 3 is 2.64 bits per heavy atom. The zero-order chi connectivity index (χ0) is 15.5. The number of pyridine rings is 1. The quantitative estimate of drug-likeness (QED) is 0.801. The number of nitrogens with zero attached hydrogens (tertiary/aromatic N) is 2. The van der Waals surface area contributed by atoms with Gasteiger partial charge in [-0.15, -0.1) is 0 Å². The summed E-state index contributed by atoms with van der Waals surface area (Å²) in [6, 6.07) is 13.0. The van der Waals surface area contributed by atoms with Crippen LogP contribution in [0.25, 0.3) is 11.5 Å². The summed E-state index contributed by atoms with van der Waals surface area (Å²) < 4.78 is 5.60. The molecule has 22 heavy (non-hydrogen) atoms. The molecule has 0 aliphatic rings. The molecule has 3 rings (SSSR count). The fraction of sp³-hybridized carbons (Fsp3) is 0.118. The molecule has 0 atom stereocenters. The monoisotopic (exact) mass is 293 g/mol. The first kappa shape index (κ1) is 14.0. The van der Waals surface area contributed by atoms with Gasteiger partial charge in [0.05, 0.1) is 0 Å². The molecule has 1 amide bonds. The average molecular weight is 293 g/mol. The molecule has 2 heterocycles. The predicted molar refractivity (Wildman–Crippen MR) is 83.6 cm³/mol. The van der Waals surface area contributed by atoms with E-state index in [1.165, 1.54) is 0 Å². The molecule has 0 unspecified atom stereocenters. The molecule has 5 nitrogen and oxygen atoms in total. The van der Waals surface area contributed by atoms with Gasteiger partial charge in [-0.2, -0.15) is 0 Å². The molecule has 0 saturated carbocycles. The van der Waals surface area contributed by atoms with E-state index in [1.54, 1.807) is 25.3 Å². The van der Waals surface area contributed by atoms with Gasteiger partial charge in [0.1, 0.15) is 5.76 Å². The standard InChI is InChI=1S/C17H15N3O2/c1-11-10-14(8-9-18-11)19-16(21)15-12(2)22-17(20-15)13-6-4-3-5-7-13/h3-10H,1-2H3,(H,18,19,21). The van der Waals surface area contributed by atoms with Crippen molar-refractivity contribution in [3.63, 3.8) is 0 Å². The zero-order valence-corrected chi connectivity index (χ0v) is 12.3. The van der Waals surface area contributed by atoms with E-state index in [4.69, 9.17) is 4.42 Å². The smallest absolute Gasteiger partial charge is 0.277 e. The van der Waals surface area contributed by atoms with Gasteiger partial charge in [-0.3, -0.25) is 9.78 Å². The minimum atomic E-state index is -0.297. The van der Waals surface area contributed by atoms with Crippen molar-refractivity contribution < 1.29 is 9.21 Å². The molecular formula is C17H15N3O2. The molecule has 0 fully saturated rings. The molecule has 110 valence electrons. The molecule has 0 bridgehead atoms. The Bertz CT molecular complexity index is 810. The lowest BCUT2D eigenvalue weighted by atomic mass is 10.2. The Labute approximate surface area is 128 Å². The van der Waals surface area contributed by atoms with Crippen LogP contribution in [0.15, 0.2) is 53.1 Å². The van der Waals surface area contributed by atoms with Crippen LogP contribution >= 0.6 is 0 Å². The van der Waals surface area contributed by atoms with Crippen LogP contribution in [0.2, 0.25) is 0 Å². The molecule has 1 aromatic carbocycles. The number of aryl methyl sites for hydroxylation is 2. The topological polar surface area (TPSA) is 68.0 Å². The van der Waals surface area contributed by atoms with Crippen LogP contribution in [0.5, 0.6) is 0 Å². The highest BCUT2D eigenvalue weighted by molar-refractivity contribution is 6.03. The normalized spacial score (nSPS) is 10.5. The third-order valence-electron chi connectivity index (χ3n) is 3.19. The van der Waals surface area contributed by atoms with E-state index in [1.807, 2.05) is 37.3 Å². The van der Waals surface area contributed by atoms with Crippen molar-refractivity contribution in [3.05, 3.63) is 65.8 Å². The molecule has 0 aliphatic carbocycles. The highest BCUT2D eigenvalue weighted by Gasteiger charge is 2.18. The van der Waals surface area contributed by atoms with Crippen molar-refractivity contribution in [1.29, 1.82) is 0 Å². The molecule has 0 spiro atoms. The van der Waals surface area contributed by atoms with Crippen LogP contribution in [-0.2, 0) is 0 Å². The first-order valence-corrected chi connectivity index (χ1v) is 6.90. The van der Waals surface area contributed by atoms with Crippen LogP contribution in [0, 0.1) is 13.8 Å². The van der Waals surface area contributed by atoms with Gasteiger partial charge in [0.15, 0.2) is 5.69 Å². The largest absolute Gasteiger partial charge is 0.441 e. The van der Waals surface area contributed by atoms with Gasteiger partial charge in [-0.25, -0.2) is 4.98 Å². The molecule has 5 heteroatoms. The summed E-state index contributed by atoms with van der Waals surface area (Å²) in [5.41, 5.74) is 2.64. The summed E-state index contributed by atoms with van der Waals surface area (Å²) in [6.07, 6.45) is 1.65. The molecule has 0 radical (unpaired) electrons. The third kappa shape index (κ3) is 2.88. The Hall–Kier alpha value is -2.95. The lowest BCUT2D eigenvalue weighted by Gasteiger charge is -2.03. The van der Waals surface area contributed by atoms with E-state index in [0.717, 1.165) is 11.3 Å². The van der Waals surface area contributed by atoms with Crippen LogP contribution in [0.3, 0.4) is 0 Å². The molecule has 1 N–H and O–H groups in total. The summed E-state index contributed by atoms with van der Waals surface area (Å²) in [4.78, 5) is 20.7. The van der Waals surface area contributed by atoms with Crippen molar-refractivity contribution in [2.24, 2.45) is 0 Å². The summed E-state index contributed by atoms with van der Waals surface area (Å²) in [6.45, 7) is 3.59. The fourth-order valence-electron chi connectivity index (χ4n) is 2.12. The number of amides is 1. The zero-order valence-electron chi connectivity index (χ0n) is 12.3. The number of benzene rings is 1. The van der Waals surface area contributed by atoms with Gasteiger partial charge < -0.3 is 9.73 Å². The highest BCUT2D eigenvalue weighted by Crippen LogP contribution is 2.22. The number of hydrogen-bond donors (Lipinski definition) is 1. The van der Waals surface area contributed by atoms with Crippen LogP contribution in [0.4, 0.5) is 5.69 Å². The highest BCUT2D eigenvalue weighted by atomic mass is 16.4. The van der Waals surface area contributed by atoms with Gasteiger partial charge in [0.25, 0.3) is 5.91 Å². The van der Waals surface area contributed by atoms with Crippen molar-refractivity contribution in [1.82, 2.24) is 9.97 Å². The van der Waals surface area contributed by atoms with Crippen molar-refractivity contribution in [2.45, 2.75) is 13.8 Å². The maximum absolute atomic E-state index is 12.3. The minimum absolute atomic E-state index is 0.285. The molecule has 0 aliphatic heterocycles. The number of anilines is 1. The first-order chi connectivity index (χ1) is 10.6. The maximum Gasteiger partial charge on any atom is 0.277 e. The first-order valence-electron chi connectivity index (χ1n) is 6.90. The Morgan fingerprint density at radius 1 is 1.14 bits per heavy atom. The summed E-state index contributed by atoms with van der Waals surface area (Å²) >= 11 is 0. The van der Waals surface area contributed by atoms with Gasteiger partial charge in [0, 0.05) is 23.1 Å². The van der Waals surface area contributed by atoms with Crippen molar-refractivity contribution in [2.75, 3.05) is 5.32 Å². The summed E-state index contributed by atoms with van der Waals surface area (Å²) in [5.74, 6) is 0.630. The maximum atomic E-state index is 12.3. The number of carbonyl (C=O) groups is 1. The number of rotatable bonds is 3. The van der Waals surface area contributed by atoms with E-state index in [0.29, 0.717) is 17.3 Å². The third-order valence-corrected chi connectivity index (χ3v) is 3.19. The summed E-state index contributed by atoms with van der Waals surface area (Å²) in [7, 11) is 0. The predicted octanol–water partition coefficient (Wildman–Crippen LogP) is 3.61.